The van der Waals surface area contributed by atoms with Crippen molar-refractivity contribution in [2.24, 2.45) is 5.10 Å². The average molecular weight is 443 g/mol. The zero-order valence-electron chi connectivity index (χ0n) is 18.7. The minimum atomic E-state index is -0.240. The molecule has 6 nitrogen and oxygen atoms in total. The van der Waals surface area contributed by atoms with E-state index in [0.29, 0.717) is 24.2 Å². The van der Waals surface area contributed by atoms with E-state index >= 15 is 0 Å². The van der Waals surface area contributed by atoms with Crippen LogP contribution in [0.3, 0.4) is 0 Å². The number of benzene rings is 3. The molecule has 33 heavy (non-hydrogen) atoms. The van der Waals surface area contributed by atoms with Crippen LogP contribution in [0.4, 0.5) is 0 Å². The number of hydrogen-bond donors (Lipinski definition) is 0. The van der Waals surface area contributed by atoms with Crippen LogP contribution in [-0.2, 0) is 4.79 Å². The van der Waals surface area contributed by atoms with Crippen LogP contribution >= 0.6 is 0 Å². The van der Waals surface area contributed by atoms with E-state index < -0.39 is 0 Å². The summed E-state index contributed by atoms with van der Waals surface area (Å²) in [6.07, 6.45) is 1.05. The molecule has 0 saturated heterocycles. The second-order valence-electron chi connectivity index (χ2n) is 7.73. The van der Waals surface area contributed by atoms with Crippen LogP contribution in [-0.4, -0.2) is 36.1 Å². The van der Waals surface area contributed by atoms with Gasteiger partial charge in [0, 0.05) is 18.4 Å². The average Bonchev–Trinajstić information content (AvgIpc) is 3.33. The number of hydrogen-bond acceptors (Lipinski definition) is 5. The Morgan fingerprint density at radius 2 is 1.61 bits per heavy atom. The van der Waals surface area contributed by atoms with Gasteiger partial charge in [0.2, 0.25) is 0 Å². The van der Waals surface area contributed by atoms with Crippen molar-refractivity contribution in [2.75, 3.05) is 13.7 Å². The van der Waals surface area contributed by atoms with Gasteiger partial charge in [-0.3, -0.25) is 9.59 Å². The Morgan fingerprint density at radius 1 is 0.939 bits per heavy atom. The van der Waals surface area contributed by atoms with Crippen molar-refractivity contribution in [1.82, 2.24) is 5.01 Å². The van der Waals surface area contributed by atoms with Gasteiger partial charge >= 0.3 is 0 Å². The maximum absolute atomic E-state index is 13.1. The van der Waals surface area contributed by atoms with Crippen molar-refractivity contribution >= 4 is 17.4 Å². The third-order valence-corrected chi connectivity index (χ3v) is 5.63. The van der Waals surface area contributed by atoms with E-state index in [4.69, 9.17) is 9.47 Å². The molecule has 1 aliphatic rings. The van der Waals surface area contributed by atoms with E-state index in [1.807, 2.05) is 61.5 Å². The van der Waals surface area contributed by atoms with Gasteiger partial charge in [-0.1, -0.05) is 49.4 Å². The Labute approximate surface area is 193 Å². The summed E-state index contributed by atoms with van der Waals surface area (Å²) >= 11 is 0. The highest BCUT2D eigenvalue weighted by Gasteiger charge is 2.33. The number of Topliss-reactive ketones (excluding diaryl/α,β-unsaturated/α-hetero) is 1. The highest BCUT2D eigenvalue weighted by molar-refractivity contribution is 6.03. The number of amides is 1. The van der Waals surface area contributed by atoms with E-state index in [-0.39, 0.29) is 24.3 Å². The maximum atomic E-state index is 13.1. The van der Waals surface area contributed by atoms with Crippen molar-refractivity contribution in [1.29, 1.82) is 0 Å². The Bertz CT molecular complexity index is 1140. The lowest BCUT2D eigenvalue weighted by atomic mass is 9.98. The van der Waals surface area contributed by atoms with Gasteiger partial charge in [-0.25, -0.2) is 5.01 Å². The number of carbonyl (C=O) groups is 2. The zero-order valence-corrected chi connectivity index (χ0v) is 18.7. The predicted octanol–water partition coefficient (Wildman–Crippen LogP) is 5.04. The van der Waals surface area contributed by atoms with E-state index in [0.717, 1.165) is 22.6 Å². The largest absolute Gasteiger partial charge is 0.497 e. The Hall–Kier alpha value is -3.93. The minimum absolute atomic E-state index is 0.0693. The molecule has 1 aliphatic heterocycles. The molecule has 1 heterocycles. The summed E-state index contributed by atoms with van der Waals surface area (Å²) in [6.45, 7) is 1.67. The molecule has 1 atom stereocenters. The number of hydrazone groups is 1. The molecule has 3 aromatic carbocycles. The number of rotatable bonds is 8. The van der Waals surface area contributed by atoms with Crippen molar-refractivity contribution < 1.29 is 19.1 Å². The summed E-state index contributed by atoms with van der Waals surface area (Å²) < 4.78 is 11.0. The Balaban J connectivity index is 1.52. The van der Waals surface area contributed by atoms with Gasteiger partial charge in [0.25, 0.3) is 5.91 Å². The van der Waals surface area contributed by atoms with Crippen LogP contribution in [0.15, 0.2) is 84.0 Å². The maximum Gasteiger partial charge on any atom is 0.281 e. The van der Waals surface area contributed by atoms with Crippen molar-refractivity contribution in [3.05, 3.63) is 95.6 Å². The predicted molar refractivity (Wildman–Crippen MR) is 127 cm³/mol. The number of carbonyl (C=O) groups excluding carboxylic acids is 2. The zero-order chi connectivity index (χ0) is 23.2. The molecule has 0 spiro atoms. The lowest BCUT2D eigenvalue weighted by Crippen LogP contribution is -2.31. The van der Waals surface area contributed by atoms with Crippen LogP contribution in [0, 0.1) is 0 Å². The number of nitrogens with zero attached hydrogens (tertiary/aromatic N) is 2. The molecule has 0 N–H and O–H groups in total. The summed E-state index contributed by atoms with van der Waals surface area (Å²) in [5.74, 6) is 1.12. The summed E-state index contributed by atoms with van der Waals surface area (Å²) in [4.78, 5) is 24.9. The van der Waals surface area contributed by atoms with Crippen LogP contribution in [0.2, 0.25) is 0 Å². The number of ether oxygens (including phenoxy) is 2. The smallest absolute Gasteiger partial charge is 0.281 e. The van der Waals surface area contributed by atoms with Crippen molar-refractivity contribution in [2.45, 2.75) is 25.8 Å². The van der Waals surface area contributed by atoms with Crippen molar-refractivity contribution in [3.63, 3.8) is 0 Å². The van der Waals surface area contributed by atoms with E-state index in [1.54, 1.807) is 31.4 Å². The first-order chi connectivity index (χ1) is 16.1. The fraction of sp³-hybridized carbons (Fsp3) is 0.222. The van der Waals surface area contributed by atoms with Gasteiger partial charge in [0.15, 0.2) is 12.4 Å². The molecule has 4 rings (SSSR count). The third kappa shape index (κ3) is 5.12. The highest BCUT2D eigenvalue weighted by Crippen LogP contribution is 2.33. The molecule has 0 aromatic heterocycles. The van der Waals surface area contributed by atoms with Gasteiger partial charge in [-0.05, 0) is 47.5 Å². The minimum Gasteiger partial charge on any atom is -0.497 e. The summed E-state index contributed by atoms with van der Waals surface area (Å²) in [7, 11) is 1.62. The first-order valence-electron chi connectivity index (χ1n) is 10.9. The third-order valence-electron chi connectivity index (χ3n) is 5.63. The first kappa shape index (κ1) is 22.3. The molecule has 0 radical (unpaired) electrons. The standard InChI is InChI=1S/C27H26N2O4/c1-3-26(30)21-11-15-23(16-12-21)33-18-27(31)29-25(20-9-13-22(32-2)14-10-20)17-24(28-29)19-7-5-4-6-8-19/h4-16,25H,3,17-18H2,1-2H3. The van der Waals surface area contributed by atoms with Gasteiger partial charge in [-0.2, -0.15) is 5.10 Å². The summed E-state index contributed by atoms with van der Waals surface area (Å²) in [6, 6.07) is 24.2. The monoisotopic (exact) mass is 442 g/mol. The Kier molecular flexibility index (Phi) is 6.83. The lowest BCUT2D eigenvalue weighted by molar-refractivity contribution is -0.135. The molecule has 0 aliphatic carbocycles. The molecule has 6 heteroatoms. The van der Waals surface area contributed by atoms with Gasteiger partial charge < -0.3 is 9.47 Å². The molecule has 0 saturated carbocycles. The second-order valence-corrected chi connectivity index (χ2v) is 7.73. The topological polar surface area (TPSA) is 68.2 Å². The molecule has 1 amide bonds. The van der Waals surface area contributed by atoms with E-state index in [1.165, 1.54) is 5.01 Å². The number of methoxy groups -OCH3 is 1. The van der Waals surface area contributed by atoms with Gasteiger partial charge in [0.1, 0.15) is 11.5 Å². The quantitative estimate of drug-likeness (QED) is 0.458. The van der Waals surface area contributed by atoms with Crippen LogP contribution in [0.1, 0.15) is 47.3 Å². The van der Waals surface area contributed by atoms with Crippen molar-refractivity contribution in [3.8, 4) is 11.5 Å². The fourth-order valence-electron chi connectivity index (χ4n) is 3.78. The summed E-state index contributed by atoms with van der Waals surface area (Å²) in [5.41, 5.74) is 3.45. The highest BCUT2D eigenvalue weighted by atomic mass is 16.5. The Morgan fingerprint density at radius 3 is 2.24 bits per heavy atom. The van der Waals surface area contributed by atoms with E-state index in [9.17, 15) is 9.59 Å². The molecular weight excluding hydrogens is 416 g/mol. The normalized spacial score (nSPS) is 15.2. The number of ketones is 1. The van der Waals surface area contributed by atoms with Gasteiger partial charge in [0.05, 0.1) is 18.9 Å². The molecule has 3 aromatic rings. The lowest BCUT2D eigenvalue weighted by Gasteiger charge is -2.22. The first-order valence-corrected chi connectivity index (χ1v) is 10.9. The molecule has 168 valence electrons. The van der Waals surface area contributed by atoms with Crippen LogP contribution in [0.5, 0.6) is 11.5 Å². The molecule has 0 fully saturated rings. The van der Waals surface area contributed by atoms with Gasteiger partial charge in [-0.15, -0.1) is 0 Å². The molecule has 1 unspecified atom stereocenters. The molecule has 0 bridgehead atoms. The van der Waals surface area contributed by atoms with E-state index in [2.05, 4.69) is 5.10 Å². The van der Waals surface area contributed by atoms with Crippen LogP contribution < -0.4 is 9.47 Å². The second kappa shape index (κ2) is 10.1. The fourth-order valence-corrected chi connectivity index (χ4v) is 3.78. The van der Waals surface area contributed by atoms with Crippen LogP contribution in [0.25, 0.3) is 0 Å². The SMILES string of the molecule is CCC(=O)c1ccc(OCC(=O)N2N=C(c3ccccc3)CC2c2ccc(OC)cc2)cc1. The summed E-state index contributed by atoms with van der Waals surface area (Å²) in [5, 5.41) is 6.18. The molecular formula is C27H26N2O4.